The maximum atomic E-state index is 11.7. The highest BCUT2D eigenvalue weighted by molar-refractivity contribution is 5.91. The lowest BCUT2D eigenvalue weighted by Crippen LogP contribution is -2.20. The number of hydrogen-bond acceptors (Lipinski definition) is 2. The lowest BCUT2D eigenvalue weighted by Gasteiger charge is -2.05. The Morgan fingerprint density at radius 2 is 1.95 bits per heavy atom. The summed E-state index contributed by atoms with van der Waals surface area (Å²) < 4.78 is 5.14. The molecule has 0 saturated heterocycles. The van der Waals surface area contributed by atoms with Gasteiger partial charge in [-0.1, -0.05) is 42.5 Å². The second-order valence-corrected chi connectivity index (χ2v) is 4.31. The highest BCUT2D eigenvalue weighted by Crippen LogP contribution is 2.12. The first kappa shape index (κ1) is 13.9. The average molecular weight is 267 g/mol. The summed E-state index contributed by atoms with van der Waals surface area (Å²) in [6, 6.07) is 17.4. The van der Waals surface area contributed by atoms with E-state index in [-0.39, 0.29) is 5.91 Å². The predicted octanol–water partition coefficient (Wildman–Crippen LogP) is 3.02. The molecule has 102 valence electrons. The van der Waals surface area contributed by atoms with Gasteiger partial charge in [0.05, 0.1) is 7.11 Å². The Bertz CT molecular complexity index is 591. The Hall–Kier alpha value is -2.55. The fraction of sp³-hybridized carbons (Fsp3) is 0.118. The summed E-state index contributed by atoms with van der Waals surface area (Å²) in [6.45, 7) is 0.481. The lowest BCUT2D eigenvalue weighted by molar-refractivity contribution is -0.116. The van der Waals surface area contributed by atoms with Gasteiger partial charge in [-0.2, -0.15) is 0 Å². The van der Waals surface area contributed by atoms with Crippen LogP contribution in [0.4, 0.5) is 0 Å². The van der Waals surface area contributed by atoms with Crippen LogP contribution in [-0.4, -0.2) is 13.0 Å². The SMILES string of the molecule is COc1cccc(CNC(=O)C=Cc2ccccc2)c1. The third-order valence-electron chi connectivity index (χ3n) is 2.83. The summed E-state index contributed by atoms with van der Waals surface area (Å²) in [5, 5.41) is 2.84. The summed E-state index contributed by atoms with van der Waals surface area (Å²) in [5.74, 6) is 0.674. The van der Waals surface area contributed by atoms with Gasteiger partial charge in [0.2, 0.25) is 5.91 Å². The fourth-order valence-corrected chi connectivity index (χ4v) is 1.77. The first-order chi connectivity index (χ1) is 9.78. The molecule has 0 aromatic heterocycles. The summed E-state index contributed by atoms with van der Waals surface area (Å²) in [5.41, 5.74) is 2.01. The number of ether oxygens (including phenoxy) is 1. The Morgan fingerprint density at radius 1 is 1.15 bits per heavy atom. The monoisotopic (exact) mass is 267 g/mol. The van der Waals surface area contributed by atoms with Gasteiger partial charge in [0.25, 0.3) is 0 Å². The number of carbonyl (C=O) groups is 1. The molecule has 0 radical (unpaired) electrons. The van der Waals surface area contributed by atoms with Crippen molar-refractivity contribution in [2.45, 2.75) is 6.54 Å². The predicted molar refractivity (Wildman–Crippen MR) is 80.3 cm³/mol. The zero-order chi connectivity index (χ0) is 14.2. The average Bonchev–Trinajstić information content (AvgIpc) is 2.52. The zero-order valence-corrected chi connectivity index (χ0v) is 11.4. The van der Waals surface area contributed by atoms with E-state index < -0.39 is 0 Å². The van der Waals surface area contributed by atoms with Crippen molar-refractivity contribution in [2.75, 3.05) is 7.11 Å². The summed E-state index contributed by atoms with van der Waals surface area (Å²) in [4.78, 5) is 11.7. The van der Waals surface area contributed by atoms with E-state index in [0.717, 1.165) is 16.9 Å². The molecule has 2 rings (SSSR count). The van der Waals surface area contributed by atoms with Crippen LogP contribution in [0.2, 0.25) is 0 Å². The van der Waals surface area contributed by atoms with Crippen LogP contribution in [-0.2, 0) is 11.3 Å². The topological polar surface area (TPSA) is 38.3 Å². The number of carbonyl (C=O) groups excluding carboxylic acids is 1. The Morgan fingerprint density at radius 3 is 2.70 bits per heavy atom. The van der Waals surface area contributed by atoms with E-state index in [4.69, 9.17) is 4.74 Å². The molecule has 0 aliphatic heterocycles. The van der Waals surface area contributed by atoms with Crippen LogP contribution in [0.3, 0.4) is 0 Å². The van der Waals surface area contributed by atoms with E-state index in [9.17, 15) is 4.79 Å². The van der Waals surface area contributed by atoms with Gasteiger partial charge >= 0.3 is 0 Å². The van der Waals surface area contributed by atoms with Crippen LogP contribution >= 0.6 is 0 Å². The molecule has 20 heavy (non-hydrogen) atoms. The second kappa shape index (κ2) is 7.14. The maximum Gasteiger partial charge on any atom is 0.244 e. The molecule has 3 nitrogen and oxygen atoms in total. The van der Waals surface area contributed by atoms with E-state index in [1.54, 1.807) is 13.2 Å². The summed E-state index contributed by atoms with van der Waals surface area (Å²) in [6.07, 6.45) is 3.33. The van der Waals surface area contributed by atoms with Crippen molar-refractivity contribution in [1.29, 1.82) is 0 Å². The molecule has 0 fully saturated rings. The van der Waals surface area contributed by atoms with Gasteiger partial charge < -0.3 is 10.1 Å². The van der Waals surface area contributed by atoms with Crippen LogP contribution < -0.4 is 10.1 Å². The smallest absolute Gasteiger partial charge is 0.244 e. The third-order valence-corrected chi connectivity index (χ3v) is 2.83. The minimum atomic E-state index is -0.114. The van der Waals surface area contributed by atoms with Crippen molar-refractivity contribution in [3.8, 4) is 5.75 Å². The van der Waals surface area contributed by atoms with Crippen molar-refractivity contribution in [2.24, 2.45) is 0 Å². The van der Waals surface area contributed by atoms with Gasteiger partial charge in [-0.15, -0.1) is 0 Å². The van der Waals surface area contributed by atoms with Gasteiger partial charge in [0.1, 0.15) is 5.75 Å². The van der Waals surface area contributed by atoms with E-state index >= 15 is 0 Å². The van der Waals surface area contributed by atoms with Crippen molar-refractivity contribution in [1.82, 2.24) is 5.32 Å². The Balaban J connectivity index is 1.87. The molecule has 2 aromatic carbocycles. The van der Waals surface area contributed by atoms with E-state index in [2.05, 4.69) is 5.32 Å². The molecule has 0 spiro atoms. The van der Waals surface area contributed by atoms with Crippen LogP contribution in [0, 0.1) is 0 Å². The standard InChI is InChI=1S/C17H17NO2/c1-20-16-9-5-8-15(12-16)13-18-17(19)11-10-14-6-3-2-4-7-14/h2-12H,13H2,1H3,(H,18,19). The van der Waals surface area contributed by atoms with Gasteiger partial charge in [-0.25, -0.2) is 0 Å². The van der Waals surface area contributed by atoms with Crippen LogP contribution in [0.15, 0.2) is 60.7 Å². The number of methoxy groups -OCH3 is 1. The van der Waals surface area contributed by atoms with E-state index in [0.29, 0.717) is 6.54 Å². The third kappa shape index (κ3) is 4.28. The molecule has 2 aromatic rings. The highest BCUT2D eigenvalue weighted by Gasteiger charge is 1.98. The minimum Gasteiger partial charge on any atom is -0.497 e. The maximum absolute atomic E-state index is 11.7. The van der Waals surface area contributed by atoms with Gasteiger partial charge in [-0.05, 0) is 29.3 Å². The lowest BCUT2D eigenvalue weighted by atomic mass is 10.2. The largest absolute Gasteiger partial charge is 0.497 e. The number of nitrogens with one attached hydrogen (secondary N) is 1. The number of amides is 1. The van der Waals surface area contributed by atoms with Crippen LogP contribution in [0.5, 0.6) is 5.75 Å². The normalized spacial score (nSPS) is 10.4. The summed E-state index contributed by atoms with van der Waals surface area (Å²) >= 11 is 0. The van der Waals surface area contributed by atoms with Gasteiger partial charge in [0.15, 0.2) is 0 Å². The summed E-state index contributed by atoms with van der Waals surface area (Å²) in [7, 11) is 1.63. The fourth-order valence-electron chi connectivity index (χ4n) is 1.77. The molecule has 0 aliphatic carbocycles. The molecule has 3 heteroatoms. The highest BCUT2D eigenvalue weighted by atomic mass is 16.5. The molecule has 0 unspecified atom stereocenters. The first-order valence-corrected chi connectivity index (χ1v) is 6.42. The van der Waals surface area contributed by atoms with Crippen LogP contribution in [0.25, 0.3) is 6.08 Å². The number of rotatable bonds is 5. The van der Waals surface area contributed by atoms with Gasteiger partial charge in [0, 0.05) is 12.6 Å². The van der Waals surface area contributed by atoms with E-state index in [1.807, 2.05) is 54.6 Å². The molecule has 0 heterocycles. The first-order valence-electron chi connectivity index (χ1n) is 6.42. The quantitative estimate of drug-likeness (QED) is 0.846. The number of benzene rings is 2. The van der Waals surface area contributed by atoms with Crippen LogP contribution in [0.1, 0.15) is 11.1 Å². The molecule has 0 bridgehead atoms. The van der Waals surface area contributed by atoms with Crippen molar-refractivity contribution in [3.63, 3.8) is 0 Å². The van der Waals surface area contributed by atoms with Crippen molar-refractivity contribution in [3.05, 3.63) is 71.8 Å². The number of hydrogen-bond donors (Lipinski definition) is 1. The Kier molecular flexibility index (Phi) is 4.95. The molecule has 0 atom stereocenters. The Labute approximate surface area is 118 Å². The molecule has 0 saturated carbocycles. The second-order valence-electron chi connectivity index (χ2n) is 4.31. The van der Waals surface area contributed by atoms with Crippen molar-refractivity contribution >= 4 is 12.0 Å². The molecule has 0 aliphatic rings. The van der Waals surface area contributed by atoms with Gasteiger partial charge in [-0.3, -0.25) is 4.79 Å². The molecular weight excluding hydrogens is 250 g/mol. The van der Waals surface area contributed by atoms with E-state index in [1.165, 1.54) is 6.08 Å². The molecular formula is C17H17NO2. The van der Waals surface area contributed by atoms with Crippen molar-refractivity contribution < 1.29 is 9.53 Å². The molecule has 1 N–H and O–H groups in total. The minimum absolute atomic E-state index is 0.114. The molecule has 1 amide bonds. The zero-order valence-electron chi connectivity index (χ0n) is 11.4.